The quantitative estimate of drug-likeness (QED) is 0.883. The van der Waals surface area contributed by atoms with Crippen LogP contribution in [0.2, 0.25) is 5.02 Å². The van der Waals surface area contributed by atoms with Gasteiger partial charge in [-0.15, -0.1) is 0 Å². The largest absolute Gasteiger partial charge is 0.489 e. The lowest BCUT2D eigenvalue weighted by molar-refractivity contribution is 0.300. The van der Waals surface area contributed by atoms with E-state index < -0.39 is 0 Å². The SMILES string of the molecule is CC[C@@H](N)c1ccccc1OCc1ccc(F)cc1Cl. The summed E-state index contributed by atoms with van der Waals surface area (Å²) in [6.45, 7) is 2.31. The molecule has 1 atom stereocenters. The minimum absolute atomic E-state index is 0.0603. The zero-order valence-electron chi connectivity index (χ0n) is 11.3. The highest BCUT2D eigenvalue weighted by Crippen LogP contribution is 2.27. The summed E-state index contributed by atoms with van der Waals surface area (Å²) in [5, 5.41) is 0.363. The standard InChI is InChI=1S/C16H17ClFNO/c1-2-15(19)13-5-3-4-6-16(13)20-10-11-7-8-12(18)9-14(11)17/h3-9,15H,2,10,19H2,1H3/t15-/m1/s1. The molecule has 0 aliphatic carbocycles. The fraction of sp³-hybridized carbons (Fsp3) is 0.250. The molecule has 2 N–H and O–H groups in total. The average molecular weight is 294 g/mol. The van der Waals surface area contributed by atoms with Crippen LogP contribution in [0.25, 0.3) is 0 Å². The van der Waals surface area contributed by atoms with Crippen molar-refractivity contribution in [3.8, 4) is 5.75 Å². The number of nitrogens with two attached hydrogens (primary N) is 1. The molecule has 0 unspecified atom stereocenters. The Balaban J connectivity index is 2.15. The van der Waals surface area contributed by atoms with Gasteiger partial charge in [0.25, 0.3) is 0 Å². The first-order chi connectivity index (χ1) is 9.61. The Kier molecular flexibility index (Phi) is 4.99. The highest BCUT2D eigenvalue weighted by molar-refractivity contribution is 6.31. The Labute approximate surface area is 123 Å². The van der Waals surface area contributed by atoms with E-state index in [2.05, 4.69) is 0 Å². The molecule has 0 spiro atoms. The molecule has 0 aliphatic heterocycles. The molecule has 0 saturated carbocycles. The van der Waals surface area contributed by atoms with E-state index in [-0.39, 0.29) is 18.5 Å². The second kappa shape index (κ2) is 6.73. The minimum Gasteiger partial charge on any atom is -0.489 e. The summed E-state index contributed by atoms with van der Waals surface area (Å²) >= 11 is 5.98. The Bertz CT molecular complexity index is 588. The van der Waals surface area contributed by atoms with Crippen LogP contribution in [0.1, 0.15) is 30.5 Å². The van der Waals surface area contributed by atoms with Crippen molar-refractivity contribution in [3.63, 3.8) is 0 Å². The number of ether oxygens (including phenoxy) is 1. The first-order valence-corrected chi connectivity index (χ1v) is 6.91. The molecule has 2 nitrogen and oxygen atoms in total. The predicted molar refractivity (Wildman–Crippen MR) is 79.4 cm³/mol. The first kappa shape index (κ1) is 14.8. The predicted octanol–water partition coefficient (Wildman–Crippen LogP) is 4.47. The van der Waals surface area contributed by atoms with Crippen LogP contribution in [0.5, 0.6) is 5.75 Å². The van der Waals surface area contributed by atoms with Crippen molar-refractivity contribution in [2.45, 2.75) is 26.0 Å². The molecular weight excluding hydrogens is 277 g/mol. The number of hydrogen-bond donors (Lipinski definition) is 1. The van der Waals surface area contributed by atoms with Crippen molar-refractivity contribution >= 4 is 11.6 Å². The molecule has 0 bridgehead atoms. The molecule has 2 rings (SSSR count). The van der Waals surface area contributed by atoms with E-state index >= 15 is 0 Å². The molecule has 2 aromatic rings. The molecule has 0 aromatic heterocycles. The number of halogens is 2. The van der Waals surface area contributed by atoms with Crippen LogP contribution in [0.15, 0.2) is 42.5 Å². The molecule has 0 fully saturated rings. The van der Waals surface area contributed by atoms with Gasteiger partial charge in [-0.25, -0.2) is 4.39 Å². The van der Waals surface area contributed by atoms with Crippen LogP contribution in [0.4, 0.5) is 4.39 Å². The summed E-state index contributed by atoms with van der Waals surface area (Å²) in [6.07, 6.45) is 0.831. The molecular formula is C16H17ClFNO. The van der Waals surface area contributed by atoms with Gasteiger partial charge in [0.1, 0.15) is 18.2 Å². The van der Waals surface area contributed by atoms with E-state index in [1.165, 1.54) is 12.1 Å². The third kappa shape index (κ3) is 3.50. The van der Waals surface area contributed by atoms with Crippen LogP contribution < -0.4 is 10.5 Å². The highest BCUT2D eigenvalue weighted by atomic mass is 35.5. The van der Waals surface area contributed by atoms with Gasteiger partial charge in [0.15, 0.2) is 0 Å². The summed E-state index contributed by atoms with van der Waals surface area (Å²) in [5.74, 6) is 0.384. The zero-order chi connectivity index (χ0) is 14.5. The number of hydrogen-bond acceptors (Lipinski definition) is 2. The fourth-order valence-corrected chi connectivity index (χ4v) is 2.15. The smallest absolute Gasteiger partial charge is 0.124 e. The second-order valence-electron chi connectivity index (χ2n) is 4.58. The summed E-state index contributed by atoms with van der Waals surface area (Å²) < 4.78 is 18.8. The lowest BCUT2D eigenvalue weighted by Crippen LogP contribution is -2.10. The first-order valence-electron chi connectivity index (χ1n) is 6.53. The lowest BCUT2D eigenvalue weighted by Gasteiger charge is -2.16. The van der Waals surface area contributed by atoms with Gasteiger partial charge >= 0.3 is 0 Å². The topological polar surface area (TPSA) is 35.2 Å². The fourth-order valence-electron chi connectivity index (χ4n) is 1.93. The van der Waals surface area contributed by atoms with E-state index in [4.69, 9.17) is 22.1 Å². The normalized spacial score (nSPS) is 12.2. The molecule has 0 aliphatic rings. The maximum atomic E-state index is 13.0. The minimum atomic E-state index is -0.354. The molecule has 0 amide bonds. The monoisotopic (exact) mass is 293 g/mol. The molecule has 20 heavy (non-hydrogen) atoms. The third-order valence-electron chi connectivity index (χ3n) is 3.16. The van der Waals surface area contributed by atoms with Crippen LogP contribution in [0, 0.1) is 5.82 Å². The van der Waals surface area contributed by atoms with Crippen LogP contribution in [-0.4, -0.2) is 0 Å². The Hall–Kier alpha value is -1.58. The maximum Gasteiger partial charge on any atom is 0.124 e. The van der Waals surface area contributed by atoms with Crippen LogP contribution >= 0.6 is 11.6 Å². The van der Waals surface area contributed by atoms with Gasteiger partial charge in [-0.2, -0.15) is 0 Å². The van der Waals surface area contributed by atoms with Crippen molar-refractivity contribution in [1.29, 1.82) is 0 Å². The highest BCUT2D eigenvalue weighted by Gasteiger charge is 2.10. The summed E-state index contributed by atoms with van der Waals surface area (Å²) in [5.41, 5.74) is 7.77. The molecule has 0 radical (unpaired) electrons. The summed E-state index contributed by atoms with van der Waals surface area (Å²) in [7, 11) is 0. The average Bonchev–Trinajstić information content (AvgIpc) is 2.46. The molecule has 0 saturated heterocycles. The van der Waals surface area contributed by atoms with E-state index in [0.29, 0.717) is 5.02 Å². The van der Waals surface area contributed by atoms with Gasteiger partial charge < -0.3 is 10.5 Å². The molecule has 106 valence electrons. The van der Waals surface area contributed by atoms with E-state index in [0.717, 1.165) is 23.3 Å². The number of para-hydroxylation sites is 1. The van der Waals surface area contributed by atoms with Crippen molar-refractivity contribution in [2.24, 2.45) is 5.73 Å². The van der Waals surface area contributed by atoms with Crippen LogP contribution in [-0.2, 0) is 6.61 Å². The molecule has 4 heteroatoms. The van der Waals surface area contributed by atoms with Crippen molar-refractivity contribution in [3.05, 3.63) is 64.4 Å². The van der Waals surface area contributed by atoms with E-state index in [9.17, 15) is 4.39 Å². The van der Waals surface area contributed by atoms with Gasteiger partial charge in [0, 0.05) is 17.2 Å². The van der Waals surface area contributed by atoms with Crippen molar-refractivity contribution in [1.82, 2.24) is 0 Å². The molecule has 2 aromatic carbocycles. The second-order valence-corrected chi connectivity index (χ2v) is 4.98. The lowest BCUT2D eigenvalue weighted by atomic mass is 10.0. The van der Waals surface area contributed by atoms with Gasteiger partial charge in [-0.3, -0.25) is 0 Å². The summed E-state index contributed by atoms with van der Waals surface area (Å²) in [6, 6.07) is 11.9. The Morgan fingerprint density at radius 1 is 1.25 bits per heavy atom. The van der Waals surface area contributed by atoms with E-state index in [1.54, 1.807) is 6.07 Å². The number of rotatable bonds is 5. The Morgan fingerprint density at radius 3 is 2.70 bits per heavy atom. The summed E-state index contributed by atoms with van der Waals surface area (Å²) in [4.78, 5) is 0. The van der Waals surface area contributed by atoms with Gasteiger partial charge in [-0.05, 0) is 24.6 Å². The molecule has 0 heterocycles. The van der Waals surface area contributed by atoms with Gasteiger partial charge in [0.05, 0.1) is 5.02 Å². The maximum absolute atomic E-state index is 13.0. The van der Waals surface area contributed by atoms with Gasteiger partial charge in [-0.1, -0.05) is 42.8 Å². The van der Waals surface area contributed by atoms with Gasteiger partial charge in [0.2, 0.25) is 0 Å². The van der Waals surface area contributed by atoms with Crippen molar-refractivity contribution < 1.29 is 9.13 Å². The van der Waals surface area contributed by atoms with Crippen molar-refractivity contribution in [2.75, 3.05) is 0 Å². The third-order valence-corrected chi connectivity index (χ3v) is 3.51. The zero-order valence-corrected chi connectivity index (χ0v) is 12.0. The Morgan fingerprint density at radius 2 is 2.00 bits per heavy atom. The van der Waals surface area contributed by atoms with E-state index in [1.807, 2.05) is 31.2 Å². The van der Waals surface area contributed by atoms with Crippen LogP contribution in [0.3, 0.4) is 0 Å². The number of benzene rings is 2.